The van der Waals surface area contributed by atoms with E-state index >= 15 is 0 Å². The number of anilines is 1. The molecule has 0 unspecified atom stereocenters. The molecule has 2 heterocycles. The molecule has 1 atom stereocenters. The summed E-state index contributed by atoms with van der Waals surface area (Å²) in [5.41, 5.74) is 1.71. The van der Waals surface area contributed by atoms with Crippen molar-refractivity contribution in [1.29, 1.82) is 0 Å². The predicted octanol–water partition coefficient (Wildman–Crippen LogP) is 2.91. The molecule has 26 heavy (non-hydrogen) atoms. The molecule has 2 amide bonds. The van der Waals surface area contributed by atoms with Crippen LogP contribution in [-0.4, -0.2) is 54.3 Å². The van der Waals surface area contributed by atoms with Crippen LogP contribution in [0, 0.1) is 0 Å². The third-order valence-corrected chi connectivity index (χ3v) is 4.37. The summed E-state index contributed by atoms with van der Waals surface area (Å²) in [6, 6.07) is 9.21. The van der Waals surface area contributed by atoms with Gasteiger partial charge in [0.2, 0.25) is 0 Å². The third kappa shape index (κ3) is 4.92. The molecule has 7 nitrogen and oxygen atoms in total. The van der Waals surface area contributed by atoms with Gasteiger partial charge in [0.25, 0.3) is 0 Å². The molecule has 1 fully saturated rings. The van der Waals surface area contributed by atoms with Crippen molar-refractivity contribution in [3.8, 4) is 5.75 Å². The van der Waals surface area contributed by atoms with Gasteiger partial charge < -0.3 is 19.7 Å². The molecule has 1 aromatic heterocycles. The third-order valence-electron chi connectivity index (χ3n) is 4.37. The second-order valence-electron chi connectivity index (χ2n) is 6.22. The average Bonchev–Trinajstić information content (AvgIpc) is 2.69. The summed E-state index contributed by atoms with van der Waals surface area (Å²) in [5.74, 6) is 0.957. The van der Waals surface area contributed by atoms with Crippen LogP contribution in [0.2, 0.25) is 0 Å². The highest BCUT2D eigenvalue weighted by Crippen LogP contribution is 2.26. The van der Waals surface area contributed by atoms with Gasteiger partial charge in [0.05, 0.1) is 6.61 Å². The highest BCUT2D eigenvalue weighted by Gasteiger charge is 2.25. The molecule has 0 bridgehead atoms. The second-order valence-corrected chi connectivity index (χ2v) is 6.22. The van der Waals surface area contributed by atoms with Crippen molar-refractivity contribution in [2.45, 2.75) is 18.8 Å². The van der Waals surface area contributed by atoms with Gasteiger partial charge in [0.15, 0.2) is 0 Å². The number of benzene rings is 1. The van der Waals surface area contributed by atoms with E-state index in [9.17, 15) is 4.79 Å². The molecule has 0 spiro atoms. The Morgan fingerprint density at radius 3 is 3.08 bits per heavy atom. The summed E-state index contributed by atoms with van der Waals surface area (Å²) < 4.78 is 10.6. The zero-order chi connectivity index (χ0) is 18.2. The summed E-state index contributed by atoms with van der Waals surface area (Å²) in [7, 11) is 1.63. The second kappa shape index (κ2) is 9.15. The quantitative estimate of drug-likeness (QED) is 0.806. The fourth-order valence-electron chi connectivity index (χ4n) is 3.05. The van der Waals surface area contributed by atoms with E-state index in [1.54, 1.807) is 19.6 Å². The van der Waals surface area contributed by atoms with E-state index in [1.807, 2.05) is 35.2 Å². The number of piperidine rings is 1. The molecule has 0 radical (unpaired) electrons. The van der Waals surface area contributed by atoms with Gasteiger partial charge in [-0.2, -0.15) is 0 Å². The number of nitrogens with zero attached hydrogens (tertiary/aromatic N) is 3. The van der Waals surface area contributed by atoms with Crippen LogP contribution < -0.4 is 10.1 Å². The zero-order valence-corrected chi connectivity index (χ0v) is 14.9. The van der Waals surface area contributed by atoms with E-state index in [1.165, 1.54) is 0 Å². The minimum absolute atomic E-state index is 0.0993. The molecule has 138 valence electrons. The van der Waals surface area contributed by atoms with Crippen molar-refractivity contribution in [3.63, 3.8) is 0 Å². The number of hydrogen-bond acceptors (Lipinski definition) is 5. The topological polar surface area (TPSA) is 76.6 Å². The number of carbonyl (C=O) groups excluding carboxylic acids is 1. The maximum Gasteiger partial charge on any atom is 0.321 e. The minimum Gasteiger partial charge on any atom is -0.491 e. The van der Waals surface area contributed by atoms with Crippen LogP contribution in [0.15, 0.2) is 42.9 Å². The van der Waals surface area contributed by atoms with E-state index < -0.39 is 0 Å². The van der Waals surface area contributed by atoms with Gasteiger partial charge in [-0.25, -0.2) is 14.8 Å². The maximum absolute atomic E-state index is 12.6. The van der Waals surface area contributed by atoms with Gasteiger partial charge in [0.1, 0.15) is 18.7 Å². The van der Waals surface area contributed by atoms with E-state index in [4.69, 9.17) is 9.47 Å². The predicted molar refractivity (Wildman–Crippen MR) is 98.4 cm³/mol. The van der Waals surface area contributed by atoms with Crippen molar-refractivity contribution >= 4 is 11.7 Å². The fourth-order valence-corrected chi connectivity index (χ4v) is 3.05. The number of rotatable bonds is 6. The smallest absolute Gasteiger partial charge is 0.321 e. The van der Waals surface area contributed by atoms with Crippen molar-refractivity contribution < 1.29 is 14.3 Å². The average molecular weight is 356 g/mol. The number of ether oxygens (including phenoxy) is 2. The lowest BCUT2D eigenvalue weighted by Crippen LogP contribution is -2.41. The summed E-state index contributed by atoms with van der Waals surface area (Å²) >= 11 is 0. The Morgan fingerprint density at radius 2 is 2.27 bits per heavy atom. The summed E-state index contributed by atoms with van der Waals surface area (Å²) in [6.07, 6.45) is 5.30. The van der Waals surface area contributed by atoms with Gasteiger partial charge in [-0.3, -0.25) is 0 Å². The monoisotopic (exact) mass is 356 g/mol. The Hall–Kier alpha value is -2.67. The Kier molecular flexibility index (Phi) is 6.38. The SMILES string of the molecule is COCCOc1cccc(NC(=O)N2CCC[C@@H](c3ccncn3)C2)c1. The summed E-state index contributed by atoms with van der Waals surface area (Å²) in [4.78, 5) is 22.8. The lowest BCUT2D eigenvalue weighted by Gasteiger charge is -2.32. The molecule has 1 N–H and O–H groups in total. The first-order chi connectivity index (χ1) is 12.8. The first-order valence-corrected chi connectivity index (χ1v) is 8.80. The molecule has 1 aliphatic heterocycles. The first kappa shape index (κ1) is 18.1. The largest absolute Gasteiger partial charge is 0.491 e. The summed E-state index contributed by atoms with van der Waals surface area (Å²) in [5, 5.41) is 2.96. The summed E-state index contributed by atoms with van der Waals surface area (Å²) in [6.45, 7) is 2.40. The molecule has 2 aromatic rings. The normalized spacial score (nSPS) is 17.0. The van der Waals surface area contributed by atoms with Gasteiger partial charge >= 0.3 is 6.03 Å². The number of methoxy groups -OCH3 is 1. The number of aromatic nitrogens is 2. The van der Waals surface area contributed by atoms with Crippen LogP contribution >= 0.6 is 0 Å². The van der Waals surface area contributed by atoms with Crippen molar-refractivity contribution in [2.24, 2.45) is 0 Å². The molecule has 1 saturated heterocycles. The Labute approximate surface area is 153 Å². The minimum atomic E-state index is -0.0993. The van der Waals surface area contributed by atoms with Crippen molar-refractivity contribution in [2.75, 3.05) is 38.7 Å². The molecule has 3 rings (SSSR count). The maximum atomic E-state index is 12.6. The Morgan fingerprint density at radius 1 is 1.35 bits per heavy atom. The van der Waals surface area contributed by atoms with Crippen LogP contribution in [-0.2, 0) is 4.74 Å². The van der Waals surface area contributed by atoms with E-state index in [0.717, 1.165) is 25.1 Å². The molecular formula is C19H24N4O3. The Balaban J connectivity index is 1.58. The van der Waals surface area contributed by atoms with Gasteiger partial charge in [0, 0.05) is 49.8 Å². The Bertz CT molecular complexity index is 711. The van der Waals surface area contributed by atoms with Gasteiger partial charge in [-0.05, 0) is 31.0 Å². The lowest BCUT2D eigenvalue weighted by molar-refractivity contribution is 0.146. The molecule has 7 heteroatoms. The van der Waals surface area contributed by atoms with Gasteiger partial charge in [-0.1, -0.05) is 6.07 Å². The van der Waals surface area contributed by atoms with Gasteiger partial charge in [-0.15, -0.1) is 0 Å². The molecular weight excluding hydrogens is 332 g/mol. The van der Waals surface area contributed by atoms with Crippen LogP contribution in [0.25, 0.3) is 0 Å². The number of amides is 2. The highest BCUT2D eigenvalue weighted by atomic mass is 16.5. The highest BCUT2D eigenvalue weighted by molar-refractivity contribution is 5.89. The van der Waals surface area contributed by atoms with E-state index in [2.05, 4.69) is 15.3 Å². The number of carbonyl (C=O) groups is 1. The molecule has 1 aromatic carbocycles. The zero-order valence-electron chi connectivity index (χ0n) is 14.9. The van der Waals surface area contributed by atoms with Crippen molar-refractivity contribution in [3.05, 3.63) is 48.5 Å². The number of likely N-dealkylation sites (tertiary alicyclic amines) is 1. The van der Waals surface area contributed by atoms with Crippen LogP contribution in [0.1, 0.15) is 24.5 Å². The van der Waals surface area contributed by atoms with Crippen LogP contribution in [0.4, 0.5) is 10.5 Å². The molecule has 1 aliphatic rings. The van der Waals surface area contributed by atoms with Crippen molar-refractivity contribution in [1.82, 2.24) is 14.9 Å². The van der Waals surface area contributed by atoms with Crippen LogP contribution in [0.3, 0.4) is 0 Å². The lowest BCUT2D eigenvalue weighted by atomic mass is 9.95. The number of urea groups is 1. The number of nitrogens with one attached hydrogen (secondary N) is 1. The molecule has 0 aliphatic carbocycles. The fraction of sp³-hybridized carbons (Fsp3) is 0.421. The number of hydrogen-bond donors (Lipinski definition) is 1. The molecule has 0 saturated carbocycles. The van der Waals surface area contributed by atoms with E-state index in [-0.39, 0.29) is 11.9 Å². The standard InChI is InChI=1S/C19H24N4O3/c1-25-10-11-26-17-6-2-5-16(12-17)22-19(24)23-9-3-4-15(13-23)18-7-8-20-14-21-18/h2,5-8,12,14-15H,3-4,9-11,13H2,1H3,(H,22,24)/t15-/m1/s1. The van der Waals surface area contributed by atoms with Crippen LogP contribution in [0.5, 0.6) is 5.75 Å². The van der Waals surface area contributed by atoms with E-state index in [0.29, 0.717) is 31.2 Å². The first-order valence-electron chi connectivity index (χ1n) is 8.80.